The Kier molecular flexibility index (Phi) is 4.31. The molecule has 3 rings (SSSR count). The van der Waals surface area contributed by atoms with E-state index < -0.39 is 0 Å². The molecule has 2 N–H and O–H groups in total. The van der Waals surface area contributed by atoms with E-state index in [-0.39, 0.29) is 5.91 Å². The van der Waals surface area contributed by atoms with Crippen LogP contribution in [0.15, 0.2) is 12.3 Å². The molecule has 1 atom stereocenters. The van der Waals surface area contributed by atoms with E-state index in [1.165, 1.54) is 36.9 Å². The van der Waals surface area contributed by atoms with Crippen molar-refractivity contribution in [2.45, 2.75) is 51.0 Å². The molecule has 2 heterocycles. The second-order valence-corrected chi connectivity index (χ2v) is 5.87. The Morgan fingerprint density at radius 2 is 2.25 bits per heavy atom. The number of pyridine rings is 1. The van der Waals surface area contributed by atoms with Gasteiger partial charge in [0.25, 0.3) is 5.91 Å². The summed E-state index contributed by atoms with van der Waals surface area (Å²) < 4.78 is 0. The van der Waals surface area contributed by atoms with E-state index in [1.807, 2.05) is 6.07 Å². The first-order valence-electron chi connectivity index (χ1n) is 7.82. The Labute approximate surface area is 120 Å². The van der Waals surface area contributed by atoms with E-state index in [0.717, 1.165) is 32.4 Å². The van der Waals surface area contributed by atoms with Crippen molar-refractivity contribution in [3.63, 3.8) is 0 Å². The monoisotopic (exact) mass is 273 g/mol. The predicted octanol–water partition coefficient (Wildman–Crippen LogP) is 1.83. The molecule has 1 aromatic rings. The van der Waals surface area contributed by atoms with Crippen molar-refractivity contribution < 1.29 is 4.79 Å². The zero-order valence-corrected chi connectivity index (χ0v) is 12.0. The number of aryl methyl sites for hydroxylation is 2. The maximum Gasteiger partial charge on any atom is 0.252 e. The Balaban J connectivity index is 1.53. The van der Waals surface area contributed by atoms with Crippen molar-refractivity contribution in [2.24, 2.45) is 0 Å². The van der Waals surface area contributed by atoms with Crippen molar-refractivity contribution in [1.29, 1.82) is 0 Å². The Morgan fingerprint density at radius 3 is 3.10 bits per heavy atom. The van der Waals surface area contributed by atoms with Gasteiger partial charge in [0.15, 0.2) is 0 Å². The molecule has 1 amide bonds. The molecule has 4 nitrogen and oxygen atoms in total. The van der Waals surface area contributed by atoms with Gasteiger partial charge in [-0.15, -0.1) is 0 Å². The number of carbonyl (C=O) groups excluding carboxylic acids is 1. The lowest BCUT2D eigenvalue weighted by Gasteiger charge is -2.15. The molecule has 0 bridgehead atoms. The highest BCUT2D eigenvalue weighted by molar-refractivity contribution is 5.94. The molecule has 108 valence electrons. The summed E-state index contributed by atoms with van der Waals surface area (Å²) in [7, 11) is 0. The van der Waals surface area contributed by atoms with Crippen LogP contribution in [-0.4, -0.2) is 30.0 Å². The molecule has 0 radical (unpaired) electrons. The van der Waals surface area contributed by atoms with Gasteiger partial charge in [-0.3, -0.25) is 9.78 Å². The smallest absolute Gasteiger partial charge is 0.252 e. The number of nitrogens with zero attached hydrogens (tertiary/aromatic N) is 1. The van der Waals surface area contributed by atoms with Crippen LogP contribution in [0.3, 0.4) is 0 Å². The maximum absolute atomic E-state index is 12.1. The molecule has 0 spiro atoms. The molecule has 0 saturated carbocycles. The fourth-order valence-electron chi connectivity index (χ4n) is 3.18. The minimum Gasteiger partial charge on any atom is -0.352 e. The summed E-state index contributed by atoms with van der Waals surface area (Å²) in [5.41, 5.74) is 3.16. The zero-order chi connectivity index (χ0) is 13.8. The van der Waals surface area contributed by atoms with Gasteiger partial charge in [0.05, 0.1) is 5.56 Å². The minimum atomic E-state index is 0.0175. The van der Waals surface area contributed by atoms with E-state index in [2.05, 4.69) is 15.6 Å². The van der Waals surface area contributed by atoms with Gasteiger partial charge in [0.1, 0.15) is 0 Å². The predicted molar refractivity (Wildman–Crippen MR) is 78.9 cm³/mol. The second-order valence-electron chi connectivity index (χ2n) is 5.87. The summed E-state index contributed by atoms with van der Waals surface area (Å²) >= 11 is 0. The molecule has 1 aliphatic carbocycles. The molecule has 0 aromatic carbocycles. The van der Waals surface area contributed by atoms with Gasteiger partial charge in [-0.05, 0) is 63.1 Å². The van der Waals surface area contributed by atoms with Crippen molar-refractivity contribution >= 4 is 5.91 Å². The van der Waals surface area contributed by atoms with Crippen LogP contribution < -0.4 is 10.6 Å². The third-order valence-electron chi connectivity index (χ3n) is 4.37. The first-order chi connectivity index (χ1) is 9.83. The molecule has 0 unspecified atom stereocenters. The van der Waals surface area contributed by atoms with Gasteiger partial charge in [0, 0.05) is 24.5 Å². The number of aromatic nitrogens is 1. The van der Waals surface area contributed by atoms with E-state index >= 15 is 0 Å². The number of hydrogen-bond donors (Lipinski definition) is 2. The fourth-order valence-corrected chi connectivity index (χ4v) is 3.18. The molecule has 4 heteroatoms. The van der Waals surface area contributed by atoms with Crippen LogP contribution in [0.4, 0.5) is 0 Å². The standard InChI is InChI=1S/C16H23N3O/c20-16(18-9-7-14-5-3-8-17-14)13-10-12-4-1-2-6-15(12)19-11-13/h10-11,14,17H,1-9H2,(H,18,20)/t14-/m0/s1. The Hall–Kier alpha value is -1.42. The molecular formula is C16H23N3O. The summed E-state index contributed by atoms with van der Waals surface area (Å²) in [6.45, 7) is 1.86. The van der Waals surface area contributed by atoms with E-state index in [9.17, 15) is 4.79 Å². The number of amides is 1. The molecular weight excluding hydrogens is 250 g/mol. The third-order valence-corrected chi connectivity index (χ3v) is 4.37. The van der Waals surface area contributed by atoms with Crippen LogP contribution in [0.2, 0.25) is 0 Å². The number of hydrogen-bond acceptors (Lipinski definition) is 3. The number of nitrogens with one attached hydrogen (secondary N) is 2. The van der Waals surface area contributed by atoms with Crippen molar-refractivity contribution in [1.82, 2.24) is 15.6 Å². The van der Waals surface area contributed by atoms with Crippen LogP contribution in [0, 0.1) is 0 Å². The second kappa shape index (κ2) is 6.35. The SMILES string of the molecule is O=C(NCC[C@@H]1CCCN1)c1cnc2c(c1)CCCC2. The maximum atomic E-state index is 12.1. The van der Waals surface area contributed by atoms with Crippen LogP contribution >= 0.6 is 0 Å². The summed E-state index contributed by atoms with van der Waals surface area (Å²) in [4.78, 5) is 16.6. The highest BCUT2D eigenvalue weighted by Gasteiger charge is 2.16. The van der Waals surface area contributed by atoms with Crippen molar-refractivity contribution in [3.05, 3.63) is 29.1 Å². The number of fused-ring (bicyclic) bond motifs is 1. The summed E-state index contributed by atoms with van der Waals surface area (Å²) in [6, 6.07) is 2.61. The zero-order valence-electron chi connectivity index (χ0n) is 12.0. The first-order valence-corrected chi connectivity index (χ1v) is 7.82. The molecule has 1 aromatic heterocycles. The van der Waals surface area contributed by atoms with E-state index in [1.54, 1.807) is 6.20 Å². The van der Waals surface area contributed by atoms with Crippen molar-refractivity contribution in [2.75, 3.05) is 13.1 Å². The van der Waals surface area contributed by atoms with Gasteiger partial charge in [-0.25, -0.2) is 0 Å². The number of rotatable bonds is 4. The first kappa shape index (κ1) is 13.6. The molecule has 1 fully saturated rings. The third kappa shape index (κ3) is 3.18. The van der Waals surface area contributed by atoms with Gasteiger partial charge in [-0.1, -0.05) is 0 Å². The lowest BCUT2D eigenvalue weighted by molar-refractivity contribution is 0.0952. The highest BCUT2D eigenvalue weighted by Crippen LogP contribution is 2.20. The van der Waals surface area contributed by atoms with Crippen LogP contribution in [0.25, 0.3) is 0 Å². The van der Waals surface area contributed by atoms with Crippen LogP contribution in [0.1, 0.15) is 53.7 Å². The van der Waals surface area contributed by atoms with Crippen LogP contribution in [-0.2, 0) is 12.8 Å². The largest absolute Gasteiger partial charge is 0.352 e. The van der Waals surface area contributed by atoms with Crippen LogP contribution in [0.5, 0.6) is 0 Å². The van der Waals surface area contributed by atoms with Gasteiger partial charge < -0.3 is 10.6 Å². The highest BCUT2D eigenvalue weighted by atomic mass is 16.1. The molecule has 1 aliphatic heterocycles. The summed E-state index contributed by atoms with van der Waals surface area (Å²) in [5.74, 6) is 0.0175. The average molecular weight is 273 g/mol. The topological polar surface area (TPSA) is 54.0 Å². The van der Waals surface area contributed by atoms with E-state index in [4.69, 9.17) is 0 Å². The Morgan fingerprint density at radius 1 is 1.35 bits per heavy atom. The lowest BCUT2D eigenvalue weighted by Crippen LogP contribution is -2.30. The summed E-state index contributed by atoms with van der Waals surface area (Å²) in [6.07, 6.45) is 9.80. The van der Waals surface area contributed by atoms with Gasteiger partial charge in [0.2, 0.25) is 0 Å². The summed E-state index contributed by atoms with van der Waals surface area (Å²) in [5, 5.41) is 6.46. The Bertz CT molecular complexity index is 481. The quantitative estimate of drug-likeness (QED) is 0.880. The van der Waals surface area contributed by atoms with Gasteiger partial charge in [-0.2, -0.15) is 0 Å². The molecule has 1 saturated heterocycles. The molecule has 2 aliphatic rings. The average Bonchev–Trinajstić information content (AvgIpc) is 3.00. The number of carbonyl (C=O) groups is 1. The van der Waals surface area contributed by atoms with Gasteiger partial charge >= 0.3 is 0 Å². The minimum absolute atomic E-state index is 0.0175. The van der Waals surface area contributed by atoms with Crippen molar-refractivity contribution in [3.8, 4) is 0 Å². The normalized spacial score (nSPS) is 21.5. The lowest BCUT2D eigenvalue weighted by atomic mass is 9.95. The van der Waals surface area contributed by atoms with E-state index in [0.29, 0.717) is 11.6 Å². The molecule has 20 heavy (non-hydrogen) atoms. The fraction of sp³-hybridized carbons (Fsp3) is 0.625.